The van der Waals surface area contributed by atoms with Gasteiger partial charge in [0.2, 0.25) is 0 Å². The highest BCUT2D eigenvalue weighted by atomic mass is 16.5. The summed E-state index contributed by atoms with van der Waals surface area (Å²) in [6.07, 6.45) is 22.6. The van der Waals surface area contributed by atoms with Crippen LogP contribution in [0, 0.1) is 11.8 Å². The summed E-state index contributed by atoms with van der Waals surface area (Å²) in [7, 11) is 0. The molecular formula is C26H48O4. The predicted octanol–water partition coefficient (Wildman–Crippen LogP) is 7.68. The van der Waals surface area contributed by atoms with E-state index in [-0.39, 0.29) is 12.1 Å². The molecule has 1 aliphatic rings. The first-order valence-electron chi connectivity index (χ1n) is 13.0. The van der Waals surface area contributed by atoms with Crippen LogP contribution in [0.4, 0.5) is 0 Å². The highest BCUT2D eigenvalue weighted by Crippen LogP contribution is 2.31. The van der Waals surface area contributed by atoms with Crippen LogP contribution in [0.15, 0.2) is 0 Å². The lowest BCUT2D eigenvalue weighted by Gasteiger charge is -2.28. The van der Waals surface area contributed by atoms with Gasteiger partial charge in [0.1, 0.15) is 0 Å². The van der Waals surface area contributed by atoms with Crippen molar-refractivity contribution in [2.75, 3.05) is 0 Å². The molecule has 0 amide bonds. The van der Waals surface area contributed by atoms with Gasteiger partial charge in [0.05, 0.1) is 17.9 Å². The second-order valence-electron chi connectivity index (χ2n) is 9.47. The topological polar surface area (TPSA) is 63.6 Å². The molecule has 30 heavy (non-hydrogen) atoms. The van der Waals surface area contributed by atoms with Crippen LogP contribution >= 0.6 is 0 Å². The zero-order chi connectivity index (χ0) is 22.0. The Labute approximate surface area is 185 Å². The number of hydrogen-bond acceptors (Lipinski definition) is 3. The fourth-order valence-electron chi connectivity index (χ4n) is 4.68. The highest BCUT2D eigenvalue weighted by molar-refractivity contribution is 5.81. The smallest absolute Gasteiger partial charge is 0.310 e. The minimum absolute atomic E-state index is 0.105. The molecule has 0 aromatic rings. The monoisotopic (exact) mass is 424 g/mol. The number of esters is 1. The van der Waals surface area contributed by atoms with Gasteiger partial charge in [-0.2, -0.15) is 0 Å². The molecule has 0 aromatic heterocycles. The number of aliphatic carboxylic acids is 1. The van der Waals surface area contributed by atoms with Crippen LogP contribution in [0.3, 0.4) is 0 Å². The Morgan fingerprint density at radius 2 is 1.20 bits per heavy atom. The summed E-state index contributed by atoms with van der Waals surface area (Å²) in [6, 6.07) is 0. The Morgan fingerprint density at radius 3 is 1.67 bits per heavy atom. The van der Waals surface area contributed by atoms with E-state index in [0.29, 0.717) is 12.8 Å². The lowest BCUT2D eigenvalue weighted by atomic mass is 9.79. The molecule has 1 aliphatic carbocycles. The first-order chi connectivity index (χ1) is 14.6. The fraction of sp³-hybridized carbons (Fsp3) is 0.923. The van der Waals surface area contributed by atoms with Crippen LogP contribution in [0.5, 0.6) is 0 Å². The van der Waals surface area contributed by atoms with E-state index in [0.717, 1.165) is 25.7 Å². The molecule has 0 radical (unpaired) electrons. The van der Waals surface area contributed by atoms with Crippen LogP contribution < -0.4 is 0 Å². The molecule has 0 saturated heterocycles. The van der Waals surface area contributed by atoms with Gasteiger partial charge in [-0.15, -0.1) is 0 Å². The summed E-state index contributed by atoms with van der Waals surface area (Å²) in [5.74, 6) is -2.15. The van der Waals surface area contributed by atoms with Crippen LogP contribution in [-0.4, -0.2) is 23.1 Å². The second kappa shape index (κ2) is 17.6. The first kappa shape index (κ1) is 27.0. The number of rotatable bonds is 18. The summed E-state index contributed by atoms with van der Waals surface area (Å²) in [5.41, 5.74) is 0. The van der Waals surface area contributed by atoms with Crippen molar-refractivity contribution in [3.63, 3.8) is 0 Å². The lowest BCUT2D eigenvalue weighted by molar-refractivity contribution is -0.163. The van der Waals surface area contributed by atoms with E-state index in [2.05, 4.69) is 6.92 Å². The van der Waals surface area contributed by atoms with Crippen LogP contribution in [0.2, 0.25) is 0 Å². The quantitative estimate of drug-likeness (QED) is 0.181. The maximum Gasteiger partial charge on any atom is 0.310 e. The molecule has 1 saturated carbocycles. The summed E-state index contributed by atoms with van der Waals surface area (Å²) < 4.78 is 5.58. The van der Waals surface area contributed by atoms with Gasteiger partial charge in [0.25, 0.3) is 0 Å². The van der Waals surface area contributed by atoms with Crippen molar-refractivity contribution >= 4 is 11.9 Å². The number of hydrogen-bond donors (Lipinski definition) is 1. The average Bonchev–Trinajstić information content (AvgIpc) is 2.73. The Morgan fingerprint density at radius 1 is 0.767 bits per heavy atom. The second-order valence-corrected chi connectivity index (χ2v) is 9.47. The van der Waals surface area contributed by atoms with E-state index in [1.165, 1.54) is 83.5 Å². The number of carboxylic acid groups (broad SMARTS) is 1. The fourth-order valence-corrected chi connectivity index (χ4v) is 4.68. The number of carbonyl (C=O) groups is 2. The Bertz CT molecular complexity index is 448. The minimum Gasteiger partial charge on any atom is -0.481 e. The van der Waals surface area contributed by atoms with Gasteiger partial charge in [-0.1, -0.05) is 103 Å². The van der Waals surface area contributed by atoms with Crippen molar-refractivity contribution in [2.24, 2.45) is 11.8 Å². The van der Waals surface area contributed by atoms with E-state index in [9.17, 15) is 14.7 Å². The molecule has 0 heterocycles. The third kappa shape index (κ3) is 12.6. The zero-order valence-electron chi connectivity index (χ0n) is 19.8. The predicted molar refractivity (Wildman–Crippen MR) is 124 cm³/mol. The lowest BCUT2D eigenvalue weighted by Crippen LogP contribution is -2.35. The molecule has 0 bridgehead atoms. The first-order valence-corrected chi connectivity index (χ1v) is 13.0. The Balaban J connectivity index is 1.95. The van der Waals surface area contributed by atoms with Gasteiger partial charge < -0.3 is 9.84 Å². The molecule has 3 atom stereocenters. The SMILES string of the molecule is CCCCCCCCCCCCCCCCC(C)OC(=O)C1CCCCC1C(=O)O. The van der Waals surface area contributed by atoms with Gasteiger partial charge >= 0.3 is 11.9 Å². The molecule has 0 spiro atoms. The third-order valence-electron chi connectivity index (χ3n) is 6.67. The van der Waals surface area contributed by atoms with Gasteiger partial charge in [-0.25, -0.2) is 0 Å². The molecule has 176 valence electrons. The maximum atomic E-state index is 12.4. The average molecular weight is 425 g/mol. The molecule has 1 fully saturated rings. The van der Waals surface area contributed by atoms with Crippen LogP contribution in [0.25, 0.3) is 0 Å². The number of unbranched alkanes of at least 4 members (excludes halogenated alkanes) is 13. The molecule has 4 heteroatoms. The molecular weight excluding hydrogens is 376 g/mol. The van der Waals surface area contributed by atoms with E-state index >= 15 is 0 Å². The molecule has 3 unspecified atom stereocenters. The Hall–Kier alpha value is -1.06. The van der Waals surface area contributed by atoms with E-state index in [1.54, 1.807) is 0 Å². The third-order valence-corrected chi connectivity index (χ3v) is 6.67. The normalized spacial score (nSPS) is 20.1. The van der Waals surface area contributed by atoms with Gasteiger partial charge in [-0.3, -0.25) is 9.59 Å². The van der Waals surface area contributed by atoms with Gasteiger partial charge in [0, 0.05) is 0 Å². The summed E-state index contributed by atoms with van der Waals surface area (Å²) in [4.78, 5) is 23.8. The van der Waals surface area contributed by atoms with Crippen molar-refractivity contribution in [3.05, 3.63) is 0 Å². The van der Waals surface area contributed by atoms with Gasteiger partial charge in [0.15, 0.2) is 0 Å². The van der Waals surface area contributed by atoms with E-state index in [1.807, 2.05) is 6.92 Å². The van der Waals surface area contributed by atoms with Gasteiger partial charge in [-0.05, 0) is 32.6 Å². The Kier molecular flexibility index (Phi) is 15.8. The van der Waals surface area contributed by atoms with Crippen molar-refractivity contribution in [1.29, 1.82) is 0 Å². The molecule has 0 aromatic carbocycles. The molecule has 1 N–H and O–H groups in total. The molecule has 0 aliphatic heterocycles. The largest absolute Gasteiger partial charge is 0.481 e. The minimum atomic E-state index is -0.851. The van der Waals surface area contributed by atoms with E-state index < -0.39 is 17.8 Å². The maximum absolute atomic E-state index is 12.4. The molecule has 4 nitrogen and oxygen atoms in total. The standard InChI is InChI=1S/C26H48O4/c1-3-4-5-6-7-8-9-10-11-12-13-14-15-16-19-22(2)30-26(29)24-21-18-17-20-23(24)25(27)28/h22-24H,3-21H2,1-2H3,(H,27,28). The number of carbonyl (C=O) groups excluding carboxylic acids is 1. The number of ether oxygens (including phenoxy) is 1. The summed E-state index contributed by atoms with van der Waals surface area (Å²) in [6.45, 7) is 4.21. The molecule has 1 rings (SSSR count). The van der Waals surface area contributed by atoms with Crippen molar-refractivity contribution < 1.29 is 19.4 Å². The van der Waals surface area contributed by atoms with Crippen molar-refractivity contribution in [3.8, 4) is 0 Å². The van der Waals surface area contributed by atoms with Crippen LogP contribution in [-0.2, 0) is 14.3 Å². The highest BCUT2D eigenvalue weighted by Gasteiger charge is 2.37. The summed E-state index contributed by atoms with van der Waals surface area (Å²) in [5, 5.41) is 9.33. The van der Waals surface area contributed by atoms with Crippen LogP contribution in [0.1, 0.15) is 136 Å². The van der Waals surface area contributed by atoms with Crippen molar-refractivity contribution in [2.45, 2.75) is 142 Å². The number of carboxylic acids is 1. The summed E-state index contributed by atoms with van der Waals surface area (Å²) >= 11 is 0. The van der Waals surface area contributed by atoms with Crippen molar-refractivity contribution in [1.82, 2.24) is 0 Å². The zero-order valence-corrected chi connectivity index (χ0v) is 19.8. The van der Waals surface area contributed by atoms with E-state index in [4.69, 9.17) is 4.74 Å².